The van der Waals surface area contributed by atoms with Gasteiger partial charge in [0.05, 0.1) is 30.5 Å². The van der Waals surface area contributed by atoms with E-state index in [4.69, 9.17) is 16.3 Å². The topological polar surface area (TPSA) is 109 Å². The van der Waals surface area contributed by atoms with Crippen molar-refractivity contribution in [3.8, 4) is 11.4 Å². The SMILES string of the molecule is COC(=O)c1ccc(-c2nnn(C)c2CC(=O)O[C@H](C)c2cccnc2Cl)nc1. The molecule has 10 heteroatoms. The van der Waals surface area contributed by atoms with E-state index in [0.29, 0.717) is 28.2 Å². The molecule has 0 aliphatic carbocycles. The molecule has 0 N–H and O–H groups in total. The smallest absolute Gasteiger partial charge is 0.339 e. The Morgan fingerprint density at radius 3 is 2.69 bits per heavy atom. The van der Waals surface area contributed by atoms with Gasteiger partial charge in [-0.25, -0.2) is 9.78 Å². The van der Waals surface area contributed by atoms with Crippen molar-refractivity contribution < 1.29 is 19.1 Å². The average Bonchev–Trinajstić information content (AvgIpc) is 3.07. The van der Waals surface area contributed by atoms with Crippen molar-refractivity contribution in [2.24, 2.45) is 7.05 Å². The minimum absolute atomic E-state index is 0.0680. The van der Waals surface area contributed by atoms with Gasteiger partial charge in [-0.3, -0.25) is 14.5 Å². The molecule has 0 aliphatic rings. The Morgan fingerprint density at radius 1 is 1.24 bits per heavy atom. The summed E-state index contributed by atoms with van der Waals surface area (Å²) < 4.78 is 11.6. The van der Waals surface area contributed by atoms with Crippen LogP contribution in [0, 0.1) is 0 Å². The summed E-state index contributed by atoms with van der Waals surface area (Å²) in [5, 5.41) is 8.33. The van der Waals surface area contributed by atoms with Crippen molar-refractivity contribution in [2.75, 3.05) is 7.11 Å². The summed E-state index contributed by atoms with van der Waals surface area (Å²) >= 11 is 6.05. The fourth-order valence-corrected chi connectivity index (χ4v) is 2.96. The van der Waals surface area contributed by atoms with Crippen molar-refractivity contribution in [1.82, 2.24) is 25.0 Å². The monoisotopic (exact) mass is 415 g/mol. The van der Waals surface area contributed by atoms with Crippen LogP contribution in [0.3, 0.4) is 0 Å². The van der Waals surface area contributed by atoms with Gasteiger partial charge >= 0.3 is 11.9 Å². The fourth-order valence-electron chi connectivity index (χ4n) is 2.69. The zero-order valence-corrected chi connectivity index (χ0v) is 16.8. The van der Waals surface area contributed by atoms with Crippen molar-refractivity contribution in [3.05, 3.63) is 58.6 Å². The number of esters is 2. The van der Waals surface area contributed by atoms with Crippen molar-refractivity contribution in [2.45, 2.75) is 19.4 Å². The zero-order chi connectivity index (χ0) is 21.0. The van der Waals surface area contributed by atoms with E-state index in [1.807, 2.05) is 0 Å². The van der Waals surface area contributed by atoms with E-state index in [-0.39, 0.29) is 11.6 Å². The Labute approximate surface area is 171 Å². The number of hydrogen-bond acceptors (Lipinski definition) is 8. The molecule has 0 spiro atoms. The standard InChI is InChI=1S/C19H18ClN5O4/c1-11(13-5-4-8-21-18(13)20)29-16(26)9-15-17(23-24-25(15)2)14-7-6-12(10-22-14)19(27)28-3/h4-8,10-11H,9H2,1-3H3/t11-/m1/s1. The molecule has 3 heterocycles. The largest absolute Gasteiger partial charge is 0.465 e. The number of aromatic nitrogens is 5. The van der Waals surface area contributed by atoms with Gasteiger partial charge in [0.15, 0.2) is 0 Å². The Hall–Kier alpha value is -3.33. The molecule has 0 fully saturated rings. The molecule has 150 valence electrons. The lowest BCUT2D eigenvalue weighted by Crippen LogP contribution is -2.14. The molecule has 0 radical (unpaired) electrons. The van der Waals surface area contributed by atoms with Crippen molar-refractivity contribution >= 4 is 23.5 Å². The molecule has 0 saturated carbocycles. The van der Waals surface area contributed by atoms with Gasteiger partial charge in [0.25, 0.3) is 0 Å². The number of aryl methyl sites for hydroxylation is 1. The van der Waals surface area contributed by atoms with Crippen LogP contribution >= 0.6 is 11.6 Å². The maximum Gasteiger partial charge on any atom is 0.339 e. The Balaban J connectivity index is 1.77. The Kier molecular flexibility index (Phi) is 6.18. The molecule has 0 amide bonds. The number of nitrogens with zero attached hydrogens (tertiary/aromatic N) is 5. The number of rotatable bonds is 6. The third kappa shape index (κ3) is 4.57. The van der Waals surface area contributed by atoms with Crippen LogP contribution in [0.1, 0.15) is 34.6 Å². The summed E-state index contributed by atoms with van der Waals surface area (Å²) in [5.74, 6) is -0.967. The molecule has 0 saturated heterocycles. The lowest BCUT2D eigenvalue weighted by molar-refractivity contribution is -0.147. The summed E-state index contributed by atoms with van der Waals surface area (Å²) in [6.07, 6.45) is 2.31. The minimum Gasteiger partial charge on any atom is -0.465 e. The van der Waals surface area contributed by atoms with E-state index in [0.717, 1.165) is 0 Å². The van der Waals surface area contributed by atoms with Crippen LogP contribution in [0.25, 0.3) is 11.4 Å². The molecule has 29 heavy (non-hydrogen) atoms. The highest BCUT2D eigenvalue weighted by molar-refractivity contribution is 6.30. The number of ether oxygens (including phenoxy) is 2. The van der Waals surface area contributed by atoms with Gasteiger partial charge in [-0.05, 0) is 25.1 Å². The van der Waals surface area contributed by atoms with E-state index in [1.165, 1.54) is 18.0 Å². The fraction of sp³-hybridized carbons (Fsp3) is 0.263. The van der Waals surface area contributed by atoms with E-state index < -0.39 is 18.0 Å². The molecular weight excluding hydrogens is 398 g/mol. The second-order valence-electron chi connectivity index (χ2n) is 6.12. The maximum absolute atomic E-state index is 12.5. The molecule has 1 atom stereocenters. The summed E-state index contributed by atoms with van der Waals surface area (Å²) in [4.78, 5) is 32.2. The first-order valence-corrected chi connectivity index (χ1v) is 9.01. The van der Waals surface area contributed by atoms with Gasteiger partial charge in [0.2, 0.25) is 0 Å². The second kappa shape index (κ2) is 8.78. The number of halogens is 1. The zero-order valence-electron chi connectivity index (χ0n) is 16.0. The number of methoxy groups -OCH3 is 1. The van der Waals surface area contributed by atoms with Gasteiger partial charge in [0, 0.05) is 25.0 Å². The van der Waals surface area contributed by atoms with Gasteiger partial charge in [0.1, 0.15) is 17.0 Å². The summed E-state index contributed by atoms with van der Waals surface area (Å²) in [5.41, 5.74) is 2.34. The van der Waals surface area contributed by atoms with Crippen LogP contribution in [0.15, 0.2) is 36.7 Å². The van der Waals surface area contributed by atoms with Crippen LogP contribution in [0.5, 0.6) is 0 Å². The minimum atomic E-state index is -0.564. The predicted molar refractivity (Wildman–Crippen MR) is 103 cm³/mol. The Morgan fingerprint density at radius 2 is 2.03 bits per heavy atom. The van der Waals surface area contributed by atoms with E-state index in [2.05, 4.69) is 25.0 Å². The molecule has 3 rings (SSSR count). The maximum atomic E-state index is 12.5. The quantitative estimate of drug-likeness (QED) is 0.446. The van der Waals surface area contributed by atoms with Crippen molar-refractivity contribution in [3.63, 3.8) is 0 Å². The van der Waals surface area contributed by atoms with E-state index >= 15 is 0 Å². The predicted octanol–water partition coefficient (Wildman–Crippen LogP) is 2.56. The van der Waals surface area contributed by atoms with Crippen molar-refractivity contribution in [1.29, 1.82) is 0 Å². The molecular formula is C19H18ClN5O4. The molecule has 0 aromatic carbocycles. The molecule has 9 nitrogen and oxygen atoms in total. The van der Waals surface area contributed by atoms with Gasteiger partial charge in [-0.2, -0.15) is 0 Å². The lowest BCUT2D eigenvalue weighted by Gasteiger charge is -2.14. The first kappa shape index (κ1) is 20.4. The van der Waals surface area contributed by atoms with Gasteiger partial charge < -0.3 is 9.47 Å². The van der Waals surface area contributed by atoms with Crippen LogP contribution in [-0.4, -0.2) is 44.0 Å². The van der Waals surface area contributed by atoms with Crippen LogP contribution in [0.2, 0.25) is 5.15 Å². The number of hydrogen-bond donors (Lipinski definition) is 0. The number of carbonyl (C=O) groups is 2. The second-order valence-corrected chi connectivity index (χ2v) is 6.48. The molecule has 0 aliphatic heterocycles. The van der Waals surface area contributed by atoms with Crippen LogP contribution < -0.4 is 0 Å². The lowest BCUT2D eigenvalue weighted by atomic mass is 10.1. The highest BCUT2D eigenvalue weighted by Crippen LogP contribution is 2.25. The summed E-state index contributed by atoms with van der Waals surface area (Å²) in [7, 11) is 2.96. The summed E-state index contributed by atoms with van der Waals surface area (Å²) in [6, 6.07) is 6.65. The van der Waals surface area contributed by atoms with Gasteiger partial charge in [-0.1, -0.05) is 22.9 Å². The third-order valence-corrected chi connectivity index (χ3v) is 4.53. The average molecular weight is 416 g/mol. The first-order valence-electron chi connectivity index (χ1n) is 8.64. The van der Waals surface area contributed by atoms with Crippen LogP contribution in [-0.2, 0) is 27.7 Å². The molecule has 0 unspecified atom stereocenters. The number of pyridine rings is 2. The Bertz CT molecular complexity index is 1040. The molecule has 3 aromatic heterocycles. The summed E-state index contributed by atoms with van der Waals surface area (Å²) in [6.45, 7) is 1.72. The molecule has 3 aromatic rings. The molecule has 0 bridgehead atoms. The van der Waals surface area contributed by atoms with Gasteiger partial charge in [-0.15, -0.1) is 5.10 Å². The highest BCUT2D eigenvalue weighted by Gasteiger charge is 2.21. The number of carbonyl (C=O) groups excluding carboxylic acids is 2. The van der Waals surface area contributed by atoms with E-state index in [1.54, 1.807) is 44.4 Å². The first-order chi connectivity index (χ1) is 13.9. The third-order valence-electron chi connectivity index (χ3n) is 4.22. The van der Waals surface area contributed by atoms with E-state index in [9.17, 15) is 9.59 Å². The normalized spacial score (nSPS) is 11.7. The highest BCUT2D eigenvalue weighted by atomic mass is 35.5. The van der Waals surface area contributed by atoms with Crippen LogP contribution in [0.4, 0.5) is 0 Å².